The van der Waals surface area contributed by atoms with Crippen LogP contribution in [0.1, 0.15) is 22.9 Å². The lowest BCUT2D eigenvalue weighted by Gasteiger charge is -2.23. The van der Waals surface area contributed by atoms with Crippen LogP contribution in [0.4, 0.5) is 10.2 Å². The molecule has 1 saturated heterocycles. The smallest absolute Gasteiger partial charge is 0.196 e. The van der Waals surface area contributed by atoms with Crippen molar-refractivity contribution >= 4 is 11.5 Å². The van der Waals surface area contributed by atoms with Gasteiger partial charge in [0, 0.05) is 0 Å². The summed E-state index contributed by atoms with van der Waals surface area (Å²) in [6.45, 7) is 0.597. The highest BCUT2D eigenvalue weighted by molar-refractivity contribution is 5.59. The van der Waals surface area contributed by atoms with E-state index in [9.17, 15) is 0 Å². The predicted molar refractivity (Wildman–Crippen MR) is 117 cm³/mol. The van der Waals surface area contributed by atoms with Crippen molar-refractivity contribution in [1.29, 1.82) is 0 Å². The number of anilines is 1. The molecule has 0 radical (unpaired) electrons. The summed E-state index contributed by atoms with van der Waals surface area (Å²) in [5.74, 6) is 0.217. The number of hydrogen-bond acceptors (Lipinski definition) is 7. The maximum Gasteiger partial charge on any atom is 0.196 e. The number of rotatable bonds is 7. The molecule has 0 amide bonds. The number of nitrogen functional groups attached to an aromatic ring is 1. The number of alkyl halides is 1. The van der Waals surface area contributed by atoms with Crippen LogP contribution in [0.15, 0.2) is 73.2 Å². The molecule has 33 heavy (non-hydrogen) atoms. The summed E-state index contributed by atoms with van der Waals surface area (Å²) in [5, 5.41) is 4.18. The van der Waals surface area contributed by atoms with Gasteiger partial charge < -0.3 is 19.9 Å². The summed E-state index contributed by atoms with van der Waals surface area (Å²) in [4.78, 5) is 8.18. The van der Waals surface area contributed by atoms with Crippen molar-refractivity contribution in [3.63, 3.8) is 0 Å². The molecule has 1 aliphatic carbocycles. The van der Waals surface area contributed by atoms with Crippen LogP contribution in [0, 0.1) is 0 Å². The number of benzene rings is 2. The second kappa shape index (κ2) is 7.87. The third-order valence-electron chi connectivity index (χ3n) is 6.30. The van der Waals surface area contributed by atoms with Gasteiger partial charge in [0.25, 0.3) is 0 Å². The summed E-state index contributed by atoms with van der Waals surface area (Å²) in [7, 11) is 0. The van der Waals surface area contributed by atoms with E-state index in [1.165, 1.54) is 17.0 Å². The van der Waals surface area contributed by atoms with Crippen LogP contribution in [0.5, 0.6) is 0 Å². The van der Waals surface area contributed by atoms with Gasteiger partial charge in [0.15, 0.2) is 23.2 Å². The fourth-order valence-corrected chi connectivity index (χ4v) is 4.55. The van der Waals surface area contributed by atoms with Crippen molar-refractivity contribution in [3.8, 4) is 0 Å². The lowest BCUT2D eigenvalue weighted by atomic mass is 10.1. The van der Waals surface area contributed by atoms with E-state index in [0.29, 0.717) is 17.9 Å². The molecule has 2 aromatic heterocycles. The molecule has 3 heterocycles. The standard InChI is InChI=1S/C24H22FN5O3/c25-19-18(17-11-27-23-22(26)28-14-29-30(17)23)33-21-20(31-12-15-7-3-1-4-8-15)24(19,21)32-13-16-9-5-2-6-10-16/h1-11,14,18-21H,12-13H2,(H2,26,28,29)/t18-,19-,20?,21+,24+/m0/s1. The first-order valence-corrected chi connectivity index (χ1v) is 10.8. The highest BCUT2D eigenvalue weighted by Gasteiger charge is 2.80. The molecule has 6 rings (SSSR count). The first kappa shape index (κ1) is 20.2. The topological polar surface area (TPSA) is 96.8 Å². The third-order valence-corrected chi connectivity index (χ3v) is 6.30. The van der Waals surface area contributed by atoms with Crippen LogP contribution in [0.2, 0.25) is 0 Å². The van der Waals surface area contributed by atoms with E-state index in [4.69, 9.17) is 19.9 Å². The van der Waals surface area contributed by atoms with Gasteiger partial charge in [-0.3, -0.25) is 0 Å². The zero-order chi connectivity index (χ0) is 22.4. The summed E-state index contributed by atoms with van der Waals surface area (Å²) < 4.78 is 36.0. The quantitative estimate of drug-likeness (QED) is 0.465. The van der Waals surface area contributed by atoms with E-state index in [0.717, 1.165) is 11.1 Å². The van der Waals surface area contributed by atoms with Crippen molar-refractivity contribution in [2.45, 2.75) is 43.3 Å². The van der Waals surface area contributed by atoms with E-state index >= 15 is 4.39 Å². The van der Waals surface area contributed by atoms with Crippen molar-refractivity contribution in [2.24, 2.45) is 0 Å². The van der Waals surface area contributed by atoms with Gasteiger partial charge >= 0.3 is 0 Å². The minimum atomic E-state index is -1.48. The normalized spacial score (nSPS) is 28.2. The van der Waals surface area contributed by atoms with Gasteiger partial charge in [0.1, 0.15) is 24.6 Å². The van der Waals surface area contributed by atoms with Gasteiger partial charge in [-0.05, 0) is 11.1 Å². The number of nitrogens with zero attached hydrogens (tertiary/aromatic N) is 4. The fourth-order valence-electron chi connectivity index (χ4n) is 4.55. The Labute approximate surface area is 189 Å². The molecule has 1 saturated carbocycles. The van der Waals surface area contributed by atoms with Gasteiger partial charge in [-0.25, -0.2) is 18.9 Å². The van der Waals surface area contributed by atoms with Crippen LogP contribution in [0.25, 0.3) is 5.65 Å². The number of imidazole rings is 1. The molecule has 1 unspecified atom stereocenters. The third kappa shape index (κ3) is 3.28. The first-order valence-electron chi connectivity index (χ1n) is 10.8. The van der Waals surface area contributed by atoms with Gasteiger partial charge in [0.2, 0.25) is 0 Å². The summed E-state index contributed by atoms with van der Waals surface area (Å²) in [6.07, 6.45) is -0.632. The lowest BCUT2D eigenvalue weighted by molar-refractivity contribution is -0.0910. The molecule has 2 aromatic carbocycles. The molecular formula is C24H22FN5O3. The molecule has 2 aliphatic rings. The first-order chi connectivity index (χ1) is 16.2. The lowest BCUT2D eigenvalue weighted by Crippen LogP contribution is -2.35. The van der Waals surface area contributed by atoms with Gasteiger partial charge in [0.05, 0.1) is 25.1 Å². The van der Waals surface area contributed by atoms with Crippen LogP contribution in [0.3, 0.4) is 0 Å². The molecule has 1 aliphatic heterocycles. The van der Waals surface area contributed by atoms with Gasteiger partial charge in [-0.1, -0.05) is 60.7 Å². The van der Waals surface area contributed by atoms with Crippen LogP contribution in [-0.4, -0.2) is 43.6 Å². The zero-order valence-corrected chi connectivity index (χ0v) is 17.6. The predicted octanol–water partition coefficient (Wildman–Crippen LogP) is 3.04. The summed E-state index contributed by atoms with van der Waals surface area (Å²) >= 11 is 0. The Morgan fingerprint density at radius 3 is 2.42 bits per heavy atom. The molecule has 8 nitrogen and oxygen atoms in total. The Kier molecular flexibility index (Phi) is 4.83. The van der Waals surface area contributed by atoms with Crippen molar-refractivity contribution < 1.29 is 18.6 Å². The Morgan fingerprint density at radius 2 is 1.70 bits per heavy atom. The van der Waals surface area contributed by atoms with E-state index in [-0.39, 0.29) is 12.4 Å². The molecule has 5 atom stereocenters. The fraction of sp³-hybridized carbons (Fsp3) is 0.292. The Morgan fingerprint density at radius 1 is 1.00 bits per heavy atom. The van der Waals surface area contributed by atoms with E-state index in [1.807, 2.05) is 60.7 Å². The van der Waals surface area contributed by atoms with E-state index in [1.54, 1.807) is 0 Å². The average molecular weight is 447 g/mol. The number of ether oxygens (including phenoxy) is 3. The Bertz CT molecular complexity index is 1270. The number of halogens is 1. The molecule has 4 aromatic rings. The summed E-state index contributed by atoms with van der Waals surface area (Å²) in [5.41, 5.74) is 7.44. The molecule has 0 bridgehead atoms. The highest BCUT2D eigenvalue weighted by atomic mass is 19.1. The van der Waals surface area contributed by atoms with Gasteiger partial charge in [-0.15, -0.1) is 0 Å². The number of nitrogens with two attached hydrogens (primary N) is 1. The number of hydrogen-bond donors (Lipinski definition) is 1. The second-order valence-electron chi connectivity index (χ2n) is 8.29. The highest BCUT2D eigenvalue weighted by Crippen LogP contribution is 2.60. The number of fused-ring (bicyclic) bond motifs is 2. The van der Waals surface area contributed by atoms with Crippen molar-refractivity contribution in [2.75, 3.05) is 5.73 Å². The maximum atomic E-state index is 16.1. The Balaban J connectivity index is 1.27. The van der Waals surface area contributed by atoms with Gasteiger partial charge in [-0.2, -0.15) is 5.10 Å². The van der Waals surface area contributed by atoms with E-state index in [2.05, 4.69) is 15.1 Å². The molecule has 168 valence electrons. The van der Waals surface area contributed by atoms with Crippen LogP contribution in [-0.2, 0) is 27.4 Å². The Hall–Kier alpha value is -3.40. The molecular weight excluding hydrogens is 425 g/mol. The zero-order valence-electron chi connectivity index (χ0n) is 17.6. The average Bonchev–Trinajstić information content (AvgIpc) is 3.10. The molecule has 0 spiro atoms. The minimum absolute atomic E-state index is 0.217. The van der Waals surface area contributed by atoms with Crippen LogP contribution >= 0.6 is 0 Å². The largest absolute Gasteiger partial charge is 0.381 e. The summed E-state index contributed by atoms with van der Waals surface area (Å²) in [6, 6.07) is 19.4. The molecule has 2 fully saturated rings. The van der Waals surface area contributed by atoms with Crippen LogP contribution < -0.4 is 5.73 Å². The monoisotopic (exact) mass is 447 g/mol. The number of aromatic nitrogens is 4. The second-order valence-corrected chi connectivity index (χ2v) is 8.29. The van der Waals surface area contributed by atoms with Crippen molar-refractivity contribution in [1.82, 2.24) is 19.6 Å². The van der Waals surface area contributed by atoms with Crippen molar-refractivity contribution in [3.05, 3.63) is 90.0 Å². The molecule has 9 heteroatoms. The molecule has 2 N–H and O–H groups in total. The minimum Gasteiger partial charge on any atom is -0.381 e. The SMILES string of the molecule is Nc1ncnn2c([C@@H]3O[C@@H]4C(OCc5ccccc5)[C@]4(OCc4ccccc4)[C@H]3F)cnc12. The van der Waals surface area contributed by atoms with E-state index < -0.39 is 30.1 Å². The maximum absolute atomic E-state index is 16.1.